The molecule has 102 valence electrons. The SMILES string of the molecule is Cc1cc(C(=O)N2CCCC(CCN)C2)no1.Cl. The van der Waals surface area contributed by atoms with Crippen molar-refractivity contribution in [3.63, 3.8) is 0 Å². The summed E-state index contributed by atoms with van der Waals surface area (Å²) in [6.45, 7) is 4.08. The van der Waals surface area contributed by atoms with E-state index in [-0.39, 0.29) is 18.3 Å². The average Bonchev–Trinajstić information content (AvgIpc) is 2.76. The van der Waals surface area contributed by atoms with E-state index in [9.17, 15) is 4.79 Å². The van der Waals surface area contributed by atoms with E-state index in [0.29, 0.717) is 23.9 Å². The van der Waals surface area contributed by atoms with Crippen LogP contribution in [0.1, 0.15) is 35.5 Å². The molecule has 1 atom stereocenters. The average molecular weight is 274 g/mol. The maximum atomic E-state index is 12.1. The highest BCUT2D eigenvalue weighted by Crippen LogP contribution is 2.20. The zero-order chi connectivity index (χ0) is 12.3. The largest absolute Gasteiger partial charge is 0.361 e. The van der Waals surface area contributed by atoms with Crippen molar-refractivity contribution in [2.45, 2.75) is 26.2 Å². The number of aromatic nitrogens is 1. The van der Waals surface area contributed by atoms with Gasteiger partial charge in [-0.25, -0.2) is 0 Å². The van der Waals surface area contributed by atoms with Gasteiger partial charge >= 0.3 is 0 Å². The molecule has 2 N–H and O–H groups in total. The molecule has 1 aromatic heterocycles. The van der Waals surface area contributed by atoms with E-state index in [1.807, 2.05) is 4.90 Å². The van der Waals surface area contributed by atoms with Gasteiger partial charge in [-0.1, -0.05) is 5.16 Å². The van der Waals surface area contributed by atoms with E-state index in [0.717, 1.165) is 25.9 Å². The minimum atomic E-state index is -0.0245. The lowest BCUT2D eigenvalue weighted by Crippen LogP contribution is -2.40. The lowest BCUT2D eigenvalue weighted by molar-refractivity contribution is 0.0659. The Balaban J connectivity index is 0.00000162. The van der Waals surface area contributed by atoms with E-state index in [1.54, 1.807) is 13.0 Å². The predicted molar refractivity (Wildman–Crippen MR) is 70.8 cm³/mol. The van der Waals surface area contributed by atoms with Crippen LogP contribution in [0, 0.1) is 12.8 Å². The van der Waals surface area contributed by atoms with E-state index in [4.69, 9.17) is 10.3 Å². The number of carbonyl (C=O) groups excluding carboxylic acids is 1. The molecule has 2 rings (SSSR count). The number of hydrogen-bond donors (Lipinski definition) is 1. The van der Waals surface area contributed by atoms with Crippen LogP contribution < -0.4 is 5.73 Å². The van der Waals surface area contributed by atoms with Crippen LogP contribution in [-0.2, 0) is 0 Å². The van der Waals surface area contributed by atoms with Gasteiger partial charge in [-0.15, -0.1) is 12.4 Å². The third-order valence-corrected chi connectivity index (χ3v) is 3.23. The Kier molecular flexibility index (Phi) is 5.62. The van der Waals surface area contributed by atoms with Crippen LogP contribution in [0.3, 0.4) is 0 Å². The normalized spacial score (nSPS) is 19.4. The summed E-state index contributed by atoms with van der Waals surface area (Å²) in [7, 11) is 0. The third kappa shape index (κ3) is 3.46. The van der Waals surface area contributed by atoms with Crippen molar-refractivity contribution in [1.29, 1.82) is 0 Å². The second kappa shape index (κ2) is 6.75. The second-order valence-electron chi connectivity index (χ2n) is 4.66. The van der Waals surface area contributed by atoms with Crippen molar-refractivity contribution in [3.8, 4) is 0 Å². The van der Waals surface area contributed by atoms with Crippen LogP contribution in [0.25, 0.3) is 0 Å². The smallest absolute Gasteiger partial charge is 0.276 e. The van der Waals surface area contributed by atoms with Gasteiger partial charge in [0.05, 0.1) is 0 Å². The monoisotopic (exact) mass is 273 g/mol. The maximum Gasteiger partial charge on any atom is 0.276 e. The van der Waals surface area contributed by atoms with Crippen molar-refractivity contribution < 1.29 is 9.32 Å². The number of carbonyl (C=O) groups is 1. The summed E-state index contributed by atoms with van der Waals surface area (Å²) in [6, 6.07) is 1.69. The number of amides is 1. The molecule has 0 aliphatic carbocycles. The van der Waals surface area contributed by atoms with Gasteiger partial charge < -0.3 is 15.2 Å². The fraction of sp³-hybridized carbons (Fsp3) is 0.667. The molecule has 1 aliphatic heterocycles. The molecule has 1 amide bonds. The summed E-state index contributed by atoms with van der Waals surface area (Å²) >= 11 is 0. The first kappa shape index (κ1) is 15.0. The van der Waals surface area contributed by atoms with Crippen molar-refractivity contribution in [1.82, 2.24) is 10.1 Å². The Morgan fingerprint density at radius 2 is 2.44 bits per heavy atom. The van der Waals surface area contributed by atoms with Gasteiger partial charge in [-0.05, 0) is 38.6 Å². The Hall–Kier alpha value is -1.07. The van der Waals surface area contributed by atoms with Gasteiger partial charge in [-0.3, -0.25) is 4.79 Å². The highest BCUT2D eigenvalue weighted by atomic mass is 35.5. The zero-order valence-electron chi connectivity index (χ0n) is 10.6. The van der Waals surface area contributed by atoms with Crippen LogP contribution in [-0.4, -0.2) is 35.6 Å². The minimum Gasteiger partial charge on any atom is -0.361 e. The zero-order valence-corrected chi connectivity index (χ0v) is 11.4. The van der Waals surface area contributed by atoms with Crippen LogP contribution >= 0.6 is 12.4 Å². The molecule has 0 bridgehead atoms. The molecule has 18 heavy (non-hydrogen) atoms. The lowest BCUT2D eigenvalue weighted by atomic mass is 9.94. The summed E-state index contributed by atoms with van der Waals surface area (Å²) < 4.78 is 4.93. The Bertz CT molecular complexity index is 392. The van der Waals surface area contributed by atoms with Gasteiger partial charge in [0.15, 0.2) is 5.69 Å². The molecule has 0 spiro atoms. The number of nitrogens with two attached hydrogens (primary N) is 1. The number of aryl methyl sites for hydroxylation is 1. The number of nitrogens with zero attached hydrogens (tertiary/aromatic N) is 2. The Labute approximate surface area is 113 Å². The highest BCUT2D eigenvalue weighted by molar-refractivity contribution is 5.92. The third-order valence-electron chi connectivity index (χ3n) is 3.23. The number of likely N-dealkylation sites (tertiary alicyclic amines) is 1. The first-order valence-corrected chi connectivity index (χ1v) is 6.13. The molecule has 1 unspecified atom stereocenters. The number of halogens is 1. The molecule has 1 aliphatic rings. The molecule has 1 saturated heterocycles. The van der Waals surface area contributed by atoms with E-state index < -0.39 is 0 Å². The maximum absolute atomic E-state index is 12.1. The van der Waals surface area contributed by atoms with Crippen LogP contribution in [0.4, 0.5) is 0 Å². The topological polar surface area (TPSA) is 72.4 Å². The van der Waals surface area contributed by atoms with Gasteiger partial charge in [-0.2, -0.15) is 0 Å². The summed E-state index contributed by atoms with van der Waals surface area (Å²) in [6.07, 6.45) is 3.20. The van der Waals surface area contributed by atoms with E-state index in [1.165, 1.54) is 6.42 Å². The van der Waals surface area contributed by atoms with Gasteiger partial charge in [0.25, 0.3) is 5.91 Å². The van der Waals surface area contributed by atoms with E-state index in [2.05, 4.69) is 5.16 Å². The number of piperidine rings is 1. The molecule has 5 nitrogen and oxygen atoms in total. The number of rotatable bonds is 3. The Morgan fingerprint density at radius 3 is 3.06 bits per heavy atom. The summed E-state index contributed by atoms with van der Waals surface area (Å²) in [5.41, 5.74) is 5.98. The molecule has 1 aromatic rings. The second-order valence-corrected chi connectivity index (χ2v) is 4.66. The van der Waals surface area contributed by atoms with Crippen LogP contribution in [0.5, 0.6) is 0 Å². The minimum absolute atomic E-state index is 0. The Morgan fingerprint density at radius 1 is 1.67 bits per heavy atom. The molecule has 6 heteroatoms. The first-order valence-electron chi connectivity index (χ1n) is 6.13. The first-order chi connectivity index (χ1) is 8.20. The molecule has 0 aromatic carbocycles. The summed E-state index contributed by atoms with van der Waals surface area (Å²) in [4.78, 5) is 14.0. The number of hydrogen-bond acceptors (Lipinski definition) is 4. The van der Waals surface area contributed by atoms with Gasteiger partial charge in [0.2, 0.25) is 0 Å². The molecular weight excluding hydrogens is 254 g/mol. The molecule has 0 radical (unpaired) electrons. The van der Waals surface area contributed by atoms with Crippen molar-refractivity contribution in [2.24, 2.45) is 11.7 Å². The van der Waals surface area contributed by atoms with E-state index >= 15 is 0 Å². The lowest BCUT2D eigenvalue weighted by Gasteiger charge is -2.32. The van der Waals surface area contributed by atoms with Crippen LogP contribution in [0.2, 0.25) is 0 Å². The van der Waals surface area contributed by atoms with Crippen molar-refractivity contribution in [3.05, 3.63) is 17.5 Å². The summed E-state index contributed by atoms with van der Waals surface area (Å²) in [5, 5.41) is 3.77. The fourth-order valence-corrected chi connectivity index (χ4v) is 2.35. The van der Waals surface area contributed by atoms with Crippen molar-refractivity contribution >= 4 is 18.3 Å². The fourth-order valence-electron chi connectivity index (χ4n) is 2.35. The van der Waals surface area contributed by atoms with Gasteiger partial charge in [0, 0.05) is 19.2 Å². The highest BCUT2D eigenvalue weighted by Gasteiger charge is 2.25. The predicted octanol–water partition coefficient (Wildman–Crippen LogP) is 1.61. The standard InChI is InChI=1S/C12H19N3O2.ClH/c1-9-7-11(14-17-9)12(16)15-6-2-3-10(8-15)4-5-13;/h7,10H,2-6,8,13H2,1H3;1H. The summed E-state index contributed by atoms with van der Waals surface area (Å²) in [5.74, 6) is 1.18. The molecule has 1 fully saturated rings. The van der Waals surface area contributed by atoms with Gasteiger partial charge in [0.1, 0.15) is 5.76 Å². The molecule has 0 saturated carbocycles. The van der Waals surface area contributed by atoms with Crippen molar-refractivity contribution in [2.75, 3.05) is 19.6 Å². The van der Waals surface area contributed by atoms with Crippen LogP contribution in [0.15, 0.2) is 10.6 Å². The quantitative estimate of drug-likeness (QED) is 0.908. The molecule has 2 heterocycles. The molecular formula is C12H20ClN3O2.